The molecule has 0 rings (SSSR count). The van der Waals surface area contributed by atoms with E-state index in [1.165, 1.54) is 0 Å². The fraction of sp³-hybridized carbons (Fsp3) is 0.750. The van der Waals surface area contributed by atoms with E-state index in [9.17, 15) is 34.5 Å². The quantitative estimate of drug-likeness (QED) is 0.243. The number of carbonyl (C=O) groups excluding carboxylic acids is 1. The van der Waals surface area contributed by atoms with Gasteiger partial charge in [0, 0.05) is 6.08 Å². The molecular weight excluding hydrogens is 386 g/mol. The third-order valence-corrected chi connectivity index (χ3v) is 4.80. The molecule has 1 N–H and O–H groups in total. The van der Waals surface area contributed by atoms with Crippen molar-refractivity contribution in [1.29, 1.82) is 0 Å². The molecule has 25 heavy (non-hydrogen) atoms. The van der Waals surface area contributed by atoms with E-state index >= 15 is 0 Å². The molecule has 0 aromatic carbocycles. The zero-order valence-electron chi connectivity index (χ0n) is 14.3. The molecule has 13 heteroatoms. The van der Waals surface area contributed by atoms with Crippen LogP contribution in [0.3, 0.4) is 0 Å². The fourth-order valence-corrected chi connectivity index (χ4v) is 2.75. The fourth-order valence-electron chi connectivity index (χ4n) is 1.90. The molecule has 1 atom stereocenters. The van der Waals surface area contributed by atoms with Crippen molar-refractivity contribution >= 4 is 26.8 Å². The lowest BCUT2D eigenvalue weighted by Gasteiger charge is -2.37. The minimum atomic E-state index is -5.62. The van der Waals surface area contributed by atoms with E-state index in [1.54, 1.807) is 0 Å². The third-order valence-electron chi connectivity index (χ3n) is 3.37. The second-order valence-corrected chi connectivity index (χ2v) is 7.10. The average molecular weight is 410 g/mol. The van der Waals surface area contributed by atoms with Gasteiger partial charge in [-0.15, -0.1) is 7.77 Å². The Morgan fingerprint density at radius 3 is 1.80 bits per heavy atom. The van der Waals surface area contributed by atoms with Gasteiger partial charge in [0.15, 0.2) is 0 Å². The number of carbonyl (C=O) groups is 1. The number of rotatable bonds is 10. The topological polar surface area (TPSA) is 129 Å². The van der Waals surface area contributed by atoms with Gasteiger partial charge in [-0.3, -0.25) is 0 Å². The van der Waals surface area contributed by atoms with Gasteiger partial charge in [0.2, 0.25) is 20.8 Å². The van der Waals surface area contributed by atoms with Crippen LogP contribution in [0.5, 0.6) is 0 Å². The molecule has 0 bridgehead atoms. The summed E-state index contributed by atoms with van der Waals surface area (Å²) >= 11 is 0. The lowest BCUT2D eigenvalue weighted by Crippen LogP contribution is -2.52. The molecule has 0 fully saturated rings. The Balaban J connectivity index is 0. The SMILES string of the molecule is C=CC(=O)OCC(O)C[N+](CC)(CC)CC.O=S(=O)(F)[N-]S(=O)(=O)F. The highest BCUT2D eigenvalue weighted by Gasteiger charge is 2.25. The van der Waals surface area contributed by atoms with Crippen LogP contribution in [0.1, 0.15) is 20.8 Å². The minimum absolute atomic E-state index is 0.0465. The van der Waals surface area contributed by atoms with Crippen LogP contribution in [-0.2, 0) is 30.3 Å². The number of hydrogen-bond acceptors (Lipinski definition) is 7. The van der Waals surface area contributed by atoms with Crippen LogP contribution in [0.15, 0.2) is 12.7 Å². The monoisotopic (exact) mass is 410 g/mol. The van der Waals surface area contributed by atoms with Crippen molar-refractivity contribution in [3.05, 3.63) is 16.8 Å². The summed E-state index contributed by atoms with van der Waals surface area (Å²) in [5, 5.41) is 9.80. The Bertz CT molecular complexity index is 581. The number of aliphatic hydroxyl groups is 1. The van der Waals surface area contributed by atoms with E-state index in [0.717, 1.165) is 34.3 Å². The first-order valence-corrected chi connectivity index (χ1v) is 9.88. The zero-order chi connectivity index (χ0) is 20.3. The second-order valence-electron chi connectivity index (χ2n) is 4.86. The molecule has 0 heterocycles. The van der Waals surface area contributed by atoms with Crippen molar-refractivity contribution in [2.24, 2.45) is 0 Å². The van der Waals surface area contributed by atoms with Crippen LogP contribution >= 0.6 is 0 Å². The molecule has 0 saturated carbocycles. The van der Waals surface area contributed by atoms with Crippen LogP contribution in [0, 0.1) is 0 Å². The molecule has 0 aliphatic heterocycles. The van der Waals surface area contributed by atoms with E-state index in [2.05, 4.69) is 27.4 Å². The predicted octanol–water partition coefficient (Wildman–Crippen LogP) is 0.742. The lowest BCUT2D eigenvalue weighted by atomic mass is 10.2. The van der Waals surface area contributed by atoms with Crippen LogP contribution in [-0.4, -0.2) is 71.3 Å². The van der Waals surface area contributed by atoms with Gasteiger partial charge in [-0.05, 0) is 20.8 Å². The van der Waals surface area contributed by atoms with Crippen molar-refractivity contribution in [3.63, 3.8) is 0 Å². The first-order chi connectivity index (χ1) is 11.2. The molecule has 0 aliphatic carbocycles. The molecule has 0 aliphatic rings. The number of nitrogens with zero attached hydrogens (tertiary/aromatic N) is 2. The third kappa shape index (κ3) is 14.9. The minimum Gasteiger partial charge on any atom is -0.460 e. The van der Waals surface area contributed by atoms with Crippen LogP contribution in [0.4, 0.5) is 7.77 Å². The Morgan fingerprint density at radius 2 is 1.56 bits per heavy atom. The number of esters is 1. The van der Waals surface area contributed by atoms with Gasteiger partial charge >= 0.3 is 5.97 Å². The highest BCUT2D eigenvalue weighted by molar-refractivity contribution is 8.07. The van der Waals surface area contributed by atoms with E-state index in [4.69, 9.17) is 4.74 Å². The number of ether oxygens (including phenoxy) is 1. The molecule has 1 unspecified atom stereocenters. The number of halogens is 2. The van der Waals surface area contributed by atoms with Crippen molar-refractivity contribution in [2.75, 3.05) is 32.8 Å². The van der Waals surface area contributed by atoms with Crippen molar-refractivity contribution in [2.45, 2.75) is 26.9 Å². The Labute approximate surface area is 147 Å². The molecule has 0 amide bonds. The summed E-state index contributed by atoms with van der Waals surface area (Å²) in [7, 11) is -11.2. The van der Waals surface area contributed by atoms with Crippen molar-refractivity contribution < 1.29 is 43.7 Å². The van der Waals surface area contributed by atoms with E-state index in [1.807, 2.05) is 0 Å². The molecular formula is C12H24F2N2O7S2. The van der Waals surface area contributed by atoms with Gasteiger partial charge in [0.1, 0.15) is 19.3 Å². The van der Waals surface area contributed by atoms with E-state index < -0.39 is 32.9 Å². The van der Waals surface area contributed by atoms with Gasteiger partial charge in [0.05, 0.1) is 19.6 Å². The second kappa shape index (κ2) is 11.5. The molecule has 0 spiro atoms. The molecule has 150 valence electrons. The van der Waals surface area contributed by atoms with Gasteiger partial charge < -0.3 is 18.5 Å². The molecule has 0 aromatic rings. The lowest BCUT2D eigenvalue weighted by molar-refractivity contribution is -0.926. The number of hydrogen-bond donors (Lipinski definition) is 1. The maximum Gasteiger partial charge on any atom is 0.330 e. The summed E-state index contributed by atoms with van der Waals surface area (Å²) in [6.45, 7) is 13.2. The smallest absolute Gasteiger partial charge is 0.330 e. The highest BCUT2D eigenvalue weighted by Crippen LogP contribution is 2.11. The van der Waals surface area contributed by atoms with Gasteiger partial charge in [-0.25, -0.2) is 21.6 Å². The Morgan fingerprint density at radius 1 is 1.16 bits per heavy atom. The molecule has 0 saturated heterocycles. The molecule has 9 nitrogen and oxygen atoms in total. The average Bonchev–Trinajstić information content (AvgIpc) is 2.47. The van der Waals surface area contributed by atoms with Crippen molar-refractivity contribution in [1.82, 2.24) is 0 Å². The molecule has 0 radical (unpaired) electrons. The summed E-state index contributed by atoms with van der Waals surface area (Å²) in [6.07, 6.45) is 0.498. The number of quaternary nitrogens is 1. The maximum absolute atomic E-state index is 11.1. The first-order valence-electron chi connectivity index (χ1n) is 7.20. The summed E-state index contributed by atoms with van der Waals surface area (Å²) in [5.41, 5.74) is 0. The summed E-state index contributed by atoms with van der Waals surface area (Å²) in [6, 6.07) is 0. The molecule has 0 aromatic heterocycles. The van der Waals surface area contributed by atoms with E-state index in [-0.39, 0.29) is 6.61 Å². The normalized spacial score (nSPS) is 13.4. The maximum atomic E-state index is 11.1. The summed E-state index contributed by atoms with van der Waals surface area (Å²) < 4.78 is 65.7. The highest BCUT2D eigenvalue weighted by atomic mass is 32.3. The summed E-state index contributed by atoms with van der Waals surface area (Å²) in [5.74, 6) is -0.485. The zero-order valence-corrected chi connectivity index (χ0v) is 15.9. The largest absolute Gasteiger partial charge is 0.460 e. The van der Waals surface area contributed by atoms with Crippen molar-refractivity contribution in [3.8, 4) is 0 Å². The van der Waals surface area contributed by atoms with E-state index in [0.29, 0.717) is 6.54 Å². The first kappa shape index (κ1) is 26.1. The Kier molecular flexibility index (Phi) is 12.0. The van der Waals surface area contributed by atoms with Gasteiger partial charge in [-0.2, -0.15) is 0 Å². The standard InChI is InChI=1S/C12H24NO3.F2NO4S2/c1-5-12(15)16-10-11(14)9-13(6-2,7-3)8-4;1-8(4,5)3-9(2,6)7/h5,11,14H,1,6-10H2,2-4H3;/q+1;-1. The van der Waals surface area contributed by atoms with Gasteiger partial charge in [-0.1, -0.05) is 6.58 Å². The number of likely N-dealkylation sites (N-methyl/N-ethyl adjacent to an activating group) is 1. The predicted molar refractivity (Wildman–Crippen MR) is 87.3 cm³/mol. The number of aliphatic hydroxyl groups excluding tert-OH is 1. The van der Waals surface area contributed by atoms with Gasteiger partial charge in [0.25, 0.3) is 0 Å². The van der Waals surface area contributed by atoms with Crippen LogP contribution < -0.4 is 0 Å². The Hall–Kier alpha value is -1.15. The van der Waals surface area contributed by atoms with Crippen LogP contribution in [0.25, 0.3) is 4.13 Å². The van der Waals surface area contributed by atoms with Crippen LogP contribution in [0.2, 0.25) is 0 Å². The summed E-state index contributed by atoms with van der Waals surface area (Å²) in [4.78, 5) is 10.8.